The van der Waals surface area contributed by atoms with Crippen molar-refractivity contribution in [3.05, 3.63) is 35.9 Å². The van der Waals surface area contributed by atoms with Crippen LogP contribution in [0.1, 0.15) is 18.4 Å². The van der Waals surface area contributed by atoms with Crippen molar-refractivity contribution in [1.29, 1.82) is 0 Å². The first-order valence-corrected chi connectivity index (χ1v) is 6.20. The highest BCUT2D eigenvalue weighted by molar-refractivity contribution is 5.80. The minimum atomic E-state index is -0.0618. The van der Waals surface area contributed by atoms with E-state index < -0.39 is 0 Å². The monoisotopic (exact) mass is 231 g/mol. The number of likely N-dealkylation sites (N-methyl/N-ethyl adjacent to an activating group) is 1. The molecular weight excluding hydrogens is 214 g/mol. The lowest BCUT2D eigenvalue weighted by Gasteiger charge is -2.03. The van der Waals surface area contributed by atoms with Gasteiger partial charge >= 0.3 is 5.97 Å². The number of benzene rings is 1. The zero-order valence-electron chi connectivity index (χ0n) is 10.0. The molecule has 3 atom stereocenters. The minimum absolute atomic E-state index is 0.0196. The van der Waals surface area contributed by atoms with Crippen molar-refractivity contribution in [3.8, 4) is 0 Å². The van der Waals surface area contributed by atoms with Crippen molar-refractivity contribution in [3.63, 3.8) is 0 Å². The zero-order valence-corrected chi connectivity index (χ0v) is 10.0. The predicted octanol–water partition coefficient (Wildman–Crippen LogP) is 1.82. The van der Waals surface area contributed by atoms with Gasteiger partial charge in [0.2, 0.25) is 0 Å². The number of esters is 1. The fourth-order valence-electron chi connectivity index (χ4n) is 2.51. The molecule has 1 aliphatic heterocycles. The van der Waals surface area contributed by atoms with E-state index >= 15 is 0 Å². The number of carbonyl (C=O) groups excluding carboxylic acids is 1. The summed E-state index contributed by atoms with van der Waals surface area (Å²) in [6, 6.07) is 10.3. The van der Waals surface area contributed by atoms with Crippen molar-refractivity contribution < 1.29 is 9.53 Å². The Morgan fingerprint density at radius 3 is 2.71 bits per heavy atom. The lowest BCUT2D eigenvalue weighted by Crippen LogP contribution is -2.15. The van der Waals surface area contributed by atoms with Gasteiger partial charge in [-0.3, -0.25) is 9.69 Å². The maximum atomic E-state index is 11.9. The Bertz CT molecular complexity index is 413. The maximum Gasteiger partial charge on any atom is 0.325 e. The molecular formula is C14H17NO2. The second kappa shape index (κ2) is 4.15. The van der Waals surface area contributed by atoms with Gasteiger partial charge in [0, 0.05) is 6.04 Å². The Morgan fingerprint density at radius 2 is 2.06 bits per heavy atom. The van der Waals surface area contributed by atoms with Crippen molar-refractivity contribution in [2.75, 3.05) is 7.05 Å². The first kappa shape index (κ1) is 10.8. The first-order chi connectivity index (χ1) is 8.27. The Balaban J connectivity index is 1.51. The first-order valence-electron chi connectivity index (χ1n) is 6.20. The maximum absolute atomic E-state index is 11.9. The highest BCUT2D eigenvalue weighted by Crippen LogP contribution is 2.46. The molecule has 1 aromatic rings. The number of hydrogen-bond acceptors (Lipinski definition) is 3. The van der Waals surface area contributed by atoms with E-state index in [-0.39, 0.29) is 12.0 Å². The average molecular weight is 231 g/mol. The van der Waals surface area contributed by atoms with E-state index in [9.17, 15) is 4.79 Å². The molecule has 0 radical (unpaired) electrons. The summed E-state index contributed by atoms with van der Waals surface area (Å²) in [5, 5.41) is 0. The van der Waals surface area contributed by atoms with Gasteiger partial charge in [0.1, 0.15) is 12.6 Å². The lowest BCUT2D eigenvalue weighted by molar-refractivity contribution is -0.145. The fraction of sp³-hybridized carbons (Fsp3) is 0.500. The van der Waals surface area contributed by atoms with Crippen LogP contribution >= 0.6 is 0 Å². The molecule has 0 spiro atoms. The van der Waals surface area contributed by atoms with Crippen molar-refractivity contribution >= 4 is 5.97 Å². The van der Waals surface area contributed by atoms with Gasteiger partial charge < -0.3 is 4.74 Å². The molecule has 1 aromatic carbocycles. The molecule has 2 fully saturated rings. The molecule has 0 aromatic heterocycles. The van der Waals surface area contributed by atoms with Crippen LogP contribution in [0.5, 0.6) is 0 Å². The van der Waals surface area contributed by atoms with Crippen LogP contribution in [-0.4, -0.2) is 30.0 Å². The fourth-order valence-corrected chi connectivity index (χ4v) is 2.51. The standard InChI is InChI=1S/C14H17NO2/c1-15-12(11-7-8-11)13(15)14(16)17-9-10-5-3-2-4-6-10/h2-6,11-13H,7-9H2,1H3/t12-,13-,15?/m0/s1. The molecule has 0 N–H and O–H groups in total. The second-order valence-electron chi connectivity index (χ2n) is 5.03. The van der Waals surface area contributed by atoms with Crippen LogP contribution in [0.2, 0.25) is 0 Å². The van der Waals surface area contributed by atoms with Gasteiger partial charge in [-0.05, 0) is 31.4 Å². The number of carbonyl (C=O) groups is 1. The van der Waals surface area contributed by atoms with Crippen molar-refractivity contribution in [1.82, 2.24) is 4.90 Å². The Labute approximate surface area is 101 Å². The van der Waals surface area contributed by atoms with E-state index in [1.165, 1.54) is 12.8 Å². The molecule has 1 saturated carbocycles. The van der Waals surface area contributed by atoms with E-state index in [1.54, 1.807) is 0 Å². The molecule has 3 nitrogen and oxygen atoms in total. The molecule has 90 valence electrons. The van der Waals surface area contributed by atoms with Gasteiger partial charge in [0.05, 0.1) is 0 Å². The van der Waals surface area contributed by atoms with Crippen molar-refractivity contribution in [2.45, 2.75) is 31.5 Å². The highest BCUT2D eigenvalue weighted by atomic mass is 16.5. The van der Waals surface area contributed by atoms with Gasteiger partial charge in [0.15, 0.2) is 0 Å². The van der Waals surface area contributed by atoms with Gasteiger partial charge in [-0.25, -0.2) is 0 Å². The van der Waals surface area contributed by atoms with Gasteiger partial charge in [0.25, 0.3) is 0 Å². The summed E-state index contributed by atoms with van der Waals surface area (Å²) in [4.78, 5) is 14.0. The third kappa shape index (κ3) is 2.20. The minimum Gasteiger partial charge on any atom is -0.460 e. The average Bonchev–Trinajstić information content (AvgIpc) is 3.22. The van der Waals surface area contributed by atoms with Crippen molar-refractivity contribution in [2.24, 2.45) is 5.92 Å². The van der Waals surface area contributed by atoms with E-state index in [0.29, 0.717) is 12.6 Å². The molecule has 1 saturated heterocycles. The zero-order chi connectivity index (χ0) is 11.8. The molecule has 3 heteroatoms. The Kier molecular flexibility index (Phi) is 2.63. The third-order valence-electron chi connectivity index (χ3n) is 3.71. The normalized spacial score (nSPS) is 31.0. The van der Waals surface area contributed by atoms with E-state index in [1.807, 2.05) is 37.4 Å². The third-order valence-corrected chi connectivity index (χ3v) is 3.71. The topological polar surface area (TPSA) is 29.3 Å². The van der Waals surface area contributed by atoms with Gasteiger partial charge in [-0.2, -0.15) is 0 Å². The summed E-state index contributed by atoms with van der Waals surface area (Å²) in [6.45, 7) is 0.390. The van der Waals surface area contributed by atoms with Gasteiger partial charge in [-0.1, -0.05) is 30.3 Å². The Hall–Kier alpha value is -1.35. The summed E-state index contributed by atoms with van der Waals surface area (Å²) in [5.74, 6) is 0.683. The van der Waals surface area contributed by atoms with Crippen LogP contribution in [-0.2, 0) is 16.1 Å². The van der Waals surface area contributed by atoms with Crippen LogP contribution in [0.3, 0.4) is 0 Å². The summed E-state index contributed by atoms with van der Waals surface area (Å²) >= 11 is 0. The van der Waals surface area contributed by atoms with E-state index in [4.69, 9.17) is 4.74 Å². The highest BCUT2D eigenvalue weighted by Gasteiger charge is 2.57. The molecule has 0 bridgehead atoms. The van der Waals surface area contributed by atoms with Crippen LogP contribution in [0.15, 0.2) is 30.3 Å². The summed E-state index contributed by atoms with van der Waals surface area (Å²) < 4.78 is 5.35. The molecule has 2 aliphatic rings. The largest absolute Gasteiger partial charge is 0.460 e. The number of hydrogen-bond donors (Lipinski definition) is 0. The van der Waals surface area contributed by atoms with Crippen LogP contribution < -0.4 is 0 Å². The van der Waals surface area contributed by atoms with E-state index in [2.05, 4.69) is 4.90 Å². The molecule has 1 unspecified atom stereocenters. The molecule has 1 heterocycles. The van der Waals surface area contributed by atoms with Crippen LogP contribution in [0.25, 0.3) is 0 Å². The quantitative estimate of drug-likeness (QED) is 0.584. The predicted molar refractivity (Wildman–Crippen MR) is 64.3 cm³/mol. The molecule has 1 aliphatic carbocycles. The number of rotatable bonds is 4. The number of nitrogens with zero attached hydrogens (tertiary/aromatic N) is 1. The van der Waals surface area contributed by atoms with Gasteiger partial charge in [-0.15, -0.1) is 0 Å². The Morgan fingerprint density at radius 1 is 1.35 bits per heavy atom. The molecule has 0 amide bonds. The summed E-state index contributed by atoms with van der Waals surface area (Å²) in [7, 11) is 2.01. The second-order valence-corrected chi connectivity index (χ2v) is 5.03. The SMILES string of the molecule is CN1[C@H](C(=O)OCc2ccccc2)[C@@H]1C1CC1. The smallest absolute Gasteiger partial charge is 0.325 e. The molecule has 17 heavy (non-hydrogen) atoms. The molecule has 3 rings (SSSR count). The summed E-state index contributed by atoms with van der Waals surface area (Å²) in [5.41, 5.74) is 1.05. The van der Waals surface area contributed by atoms with Crippen LogP contribution in [0, 0.1) is 5.92 Å². The van der Waals surface area contributed by atoms with Crippen LogP contribution in [0.4, 0.5) is 0 Å². The number of ether oxygens (including phenoxy) is 1. The summed E-state index contributed by atoms with van der Waals surface area (Å²) in [6.07, 6.45) is 2.55. The van der Waals surface area contributed by atoms with E-state index in [0.717, 1.165) is 11.5 Å². The lowest BCUT2D eigenvalue weighted by atomic mass is 10.2.